The third-order valence-corrected chi connectivity index (χ3v) is 5.59. The monoisotopic (exact) mass is 426 g/mol. The molecule has 2 aromatic carbocycles. The summed E-state index contributed by atoms with van der Waals surface area (Å²) < 4.78 is 46.4. The first-order valence-corrected chi connectivity index (χ1v) is 10.0. The molecule has 1 N–H and O–H groups in total. The van der Waals surface area contributed by atoms with E-state index in [1.54, 1.807) is 18.2 Å². The Kier molecular flexibility index (Phi) is 4.97. The summed E-state index contributed by atoms with van der Waals surface area (Å²) in [5.41, 5.74) is 2.76. The average Bonchev–Trinajstić information content (AvgIpc) is 3.44. The zero-order valence-corrected chi connectivity index (χ0v) is 16.4. The van der Waals surface area contributed by atoms with Gasteiger partial charge in [-0.15, -0.1) is 5.10 Å². The summed E-state index contributed by atoms with van der Waals surface area (Å²) in [6.07, 6.45) is 0.916. The smallest absolute Gasteiger partial charge is 0.453 e. The van der Waals surface area contributed by atoms with Crippen molar-refractivity contribution in [3.05, 3.63) is 78.2 Å². The van der Waals surface area contributed by atoms with Gasteiger partial charge in [0.2, 0.25) is 0 Å². The number of hydrogen-bond donors (Lipinski definition) is 1. The number of nitrogens with zero attached hydrogens (tertiary/aromatic N) is 4. The van der Waals surface area contributed by atoms with Crippen LogP contribution in [0.15, 0.2) is 59.2 Å². The molecule has 9 heteroatoms. The fraction of sp³-hybridized carbons (Fsp3) is 0.273. The largest absolute Gasteiger partial charge is 0.464 e. The summed E-state index contributed by atoms with van der Waals surface area (Å²) in [5.74, 6) is -1.02. The highest BCUT2D eigenvalue weighted by atomic mass is 19.4. The minimum Gasteiger partial charge on any atom is -0.464 e. The summed E-state index contributed by atoms with van der Waals surface area (Å²) in [5, 5.41) is 14.2. The number of benzene rings is 2. The van der Waals surface area contributed by atoms with E-state index in [9.17, 15) is 13.2 Å². The van der Waals surface area contributed by atoms with E-state index in [1.165, 1.54) is 11.8 Å². The second-order valence-corrected chi connectivity index (χ2v) is 7.60. The number of halogens is 3. The summed E-state index contributed by atoms with van der Waals surface area (Å²) in [4.78, 5) is 0. The summed E-state index contributed by atoms with van der Waals surface area (Å²) in [7, 11) is 0. The number of hydrogen-bond acceptors (Lipinski definition) is 5. The Morgan fingerprint density at radius 2 is 1.97 bits per heavy atom. The molecule has 1 saturated heterocycles. The Hall–Kier alpha value is -3.20. The van der Waals surface area contributed by atoms with E-state index in [-0.39, 0.29) is 17.6 Å². The summed E-state index contributed by atoms with van der Waals surface area (Å²) in [6.45, 7) is 0.916. The first-order chi connectivity index (χ1) is 15.0. The van der Waals surface area contributed by atoms with Gasteiger partial charge in [-0.2, -0.15) is 17.9 Å². The van der Waals surface area contributed by atoms with Gasteiger partial charge in [-0.05, 0) is 65.9 Å². The van der Waals surface area contributed by atoms with Gasteiger partial charge in [0.15, 0.2) is 0 Å². The molecule has 4 aromatic rings. The van der Waals surface area contributed by atoms with Gasteiger partial charge in [-0.3, -0.25) is 0 Å². The number of alkyl halides is 3. The number of nitrogens with one attached hydrogen (secondary N) is 1. The third-order valence-electron chi connectivity index (χ3n) is 5.59. The Morgan fingerprint density at radius 3 is 2.77 bits per heavy atom. The van der Waals surface area contributed by atoms with E-state index in [2.05, 4.69) is 39.4 Å². The average molecular weight is 426 g/mol. The van der Waals surface area contributed by atoms with Crippen molar-refractivity contribution in [2.45, 2.75) is 25.1 Å². The molecule has 0 amide bonds. The molecule has 0 bridgehead atoms. The van der Waals surface area contributed by atoms with Gasteiger partial charge in [0.1, 0.15) is 5.58 Å². The molecule has 0 unspecified atom stereocenters. The molecular weight excluding hydrogens is 407 g/mol. The van der Waals surface area contributed by atoms with Gasteiger partial charge in [0.05, 0.1) is 12.0 Å². The molecular formula is C22H19F3N5O. The van der Waals surface area contributed by atoms with E-state index in [1.807, 2.05) is 18.2 Å². The first-order valence-electron chi connectivity index (χ1n) is 10.0. The molecule has 0 spiro atoms. The van der Waals surface area contributed by atoms with Crippen molar-refractivity contribution in [3.8, 4) is 5.69 Å². The zero-order chi connectivity index (χ0) is 21.4. The third kappa shape index (κ3) is 3.81. The van der Waals surface area contributed by atoms with E-state index in [0.717, 1.165) is 29.6 Å². The van der Waals surface area contributed by atoms with Gasteiger partial charge in [-0.25, -0.2) is 0 Å². The van der Waals surface area contributed by atoms with Crippen molar-refractivity contribution >= 4 is 11.0 Å². The highest BCUT2D eigenvalue weighted by Crippen LogP contribution is 2.37. The van der Waals surface area contributed by atoms with Gasteiger partial charge in [0.25, 0.3) is 5.82 Å². The van der Waals surface area contributed by atoms with Crippen LogP contribution in [-0.2, 0) is 6.18 Å². The Bertz CT molecular complexity index is 1180. The van der Waals surface area contributed by atoms with Crippen molar-refractivity contribution in [2.75, 3.05) is 6.54 Å². The predicted molar refractivity (Wildman–Crippen MR) is 107 cm³/mol. The van der Waals surface area contributed by atoms with Crippen LogP contribution in [0, 0.1) is 12.3 Å². The second kappa shape index (κ2) is 7.81. The Labute approximate surface area is 176 Å². The predicted octanol–water partition coefficient (Wildman–Crippen LogP) is 4.72. The first kappa shape index (κ1) is 19.7. The van der Waals surface area contributed by atoms with Crippen molar-refractivity contribution in [2.24, 2.45) is 5.92 Å². The van der Waals surface area contributed by atoms with Gasteiger partial charge in [-0.1, -0.05) is 30.3 Å². The number of aromatic nitrogens is 4. The molecule has 1 aliphatic rings. The lowest BCUT2D eigenvalue weighted by molar-refractivity contribution is -0.146. The highest BCUT2D eigenvalue weighted by Gasteiger charge is 2.38. The van der Waals surface area contributed by atoms with Gasteiger partial charge >= 0.3 is 6.18 Å². The molecule has 2 aromatic heterocycles. The maximum Gasteiger partial charge on any atom is 0.453 e. The molecule has 1 fully saturated rings. The molecule has 0 aliphatic carbocycles. The quantitative estimate of drug-likeness (QED) is 0.511. The van der Waals surface area contributed by atoms with Crippen molar-refractivity contribution < 1.29 is 17.6 Å². The van der Waals surface area contributed by atoms with E-state index >= 15 is 0 Å². The maximum atomic E-state index is 13.3. The van der Waals surface area contributed by atoms with Crippen LogP contribution < -0.4 is 5.32 Å². The number of furan rings is 1. The molecule has 1 aliphatic heterocycles. The second-order valence-electron chi connectivity index (χ2n) is 7.60. The van der Waals surface area contributed by atoms with Crippen molar-refractivity contribution in [1.29, 1.82) is 0 Å². The van der Waals surface area contributed by atoms with Crippen LogP contribution in [0.25, 0.3) is 16.7 Å². The molecule has 6 nitrogen and oxygen atoms in total. The van der Waals surface area contributed by atoms with Crippen LogP contribution in [-0.4, -0.2) is 26.8 Å². The molecule has 1 radical (unpaired) electrons. The fourth-order valence-corrected chi connectivity index (χ4v) is 4.23. The maximum absolute atomic E-state index is 13.3. The number of rotatable bonds is 4. The highest BCUT2D eigenvalue weighted by molar-refractivity contribution is 5.84. The van der Waals surface area contributed by atoms with Crippen LogP contribution in [0.3, 0.4) is 0 Å². The van der Waals surface area contributed by atoms with Crippen LogP contribution in [0.5, 0.6) is 0 Å². The molecule has 159 valence electrons. The normalized spacial score (nSPS) is 19.7. The lowest BCUT2D eigenvalue weighted by atomic mass is 9.82. The van der Waals surface area contributed by atoms with Gasteiger partial charge in [0, 0.05) is 17.0 Å². The minimum atomic E-state index is -4.66. The molecule has 0 saturated carbocycles. The van der Waals surface area contributed by atoms with Crippen LogP contribution >= 0.6 is 0 Å². The number of piperidine rings is 1. The SMILES string of the molecule is FC(F)(F)c1nnnn1-c1cc([CH][C@H]2CCCN[C@@H]2c2ccccc2)c2occc2c1. The fourth-order valence-electron chi connectivity index (χ4n) is 4.23. The number of fused-ring (bicyclic) bond motifs is 1. The zero-order valence-electron chi connectivity index (χ0n) is 16.4. The topological polar surface area (TPSA) is 68.8 Å². The molecule has 3 heterocycles. The molecule has 5 rings (SSSR count). The summed E-state index contributed by atoms with van der Waals surface area (Å²) in [6, 6.07) is 15.2. The van der Waals surface area contributed by atoms with Crippen LogP contribution in [0.1, 0.15) is 35.8 Å². The van der Waals surface area contributed by atoms with E-state index < -0.39 is 12.0 Å². The molecule has 31 heavy (non-hydrogen) atoms. The minimum absolute atomic E-state index is 0.113. The summed E-state index contributed by atoms with van der Waals surface area (Å²) >= 11 is 0. The standard InChI is InChI=1S/C22H19F3N5O/c23-22(24,25)21-27-28-29-30(21)18-12-16-8-10-31-20(16)17(13-18)11-15-7-4-9-26-19(15)14-5-2-1-3-6-14/h1-3,5-6,8,10-13,15,19,26H,4,7,9H2/t15-,19-/m1/s1. The van der Waals surface area contributed by atoms with Crippen LogP contribution in [0.2, 0.25) is 0 Å². The van der Waals surface area contributed by atoms with Crippen LogP contribution in [0.4, 0.5) is 13.2 Å². The number of tetrazole rings is 1. The van der Waals surface area contributed by atoms with Crippen molar-refractivity contribution in [3.63, 3.8) is 0 Å². The van der Waals surface area contributed by atoms with E-state index in [4.69, 9.17) is 4.42 Å². The molecule has 2 atom stereocenters. The van der Waals surface area contributed by atoms with E-state index in [0.29, 0.717) is 11.0 Å². The van der Waals surface area contributed by atoms with Gasteiger partial charge < -0.3 is 9.73 Å². The lowest BCUT2D eigenvalue weighted by Crippen LogP contribution is -2.34. The van der Waals surface area contributed by atoms with Crippen molar-refractivity contribution in [1.82, 2.24) is 25.5 Å². The lowest BCUT2D eigenvalue weighted by Gasteiger charge is -2.33. The Morgan fingerprint density at radius 1 is 1.13 bits per heavy atom. The Balaban J connectivity index is 1.54.